The zero-order chi connectivity index (χ0) is 20.0. The predicted octanol–water partition coefficient (Wildman–Crippen LogP) is 2.59. The summed E-state index contributed by atoms with van der Waals surface area (Å²) in [5, 5.41) is 7.15. The Kier molecular flexibility index (Phi) is 6.84. The second-order valence-corrected chi connectivity index (χ2v) is 5.83. The van der Waals surface area contributed by atoms with Crippen molar-refractivity contribution in [1.29, 1.82) is 0 Å². The Labute approximate surface area is 161 Å². The van der Waals surface area contributed by atoms with Crippen molar-refractivity contribution in [2.45, 2.75) is 6.92 Å². The molecule has 0 aliphatic heterocycles. The second-order valence-electron chi connectivity index (χ2n) is 5.47. The van der Waals surface area contributed by atoms with E-state index in [1.165, 1.54) is 31.1 Å². The Balaban J connectivity index is 1.90. The normalized spacial score (nSPS) is 10.7. The number of amides is 1. The van der Waals surface area contributed by atoms with Crippen LogP contribution in [0.3, 0.4) is 0 Å². The third-order valence-electron chi connectivity index (χ3n) is 3.60. The molecule has 0 aliphatic rings. The molecule has 0 spiro atoms. The molecular formula is C18H20ClN3O5. The predicted molar refractivity (Wildman–Crippen MR) is 101 cm³/mol. The van der Waals surface area contributed by atoms with Crippen molar-refractivity contribution in [3.63, 3.8) is 0 Å². The monoisotopic (exact) mass is 393 g/mol. The molecule has 0 saturated carbocycles. The fourth-order valence-corrected chi connectivity index (χ4v) is 2.52. The molecule has 1 amide bonds. The van der Waals surface area contributed by atoms with Crippen LogP contribution in [-0.2, 0) is 21.4 Å². The Morgan fingerprint density at radius 1 is 1.26 bits per heavy atom. The summed E-state index contributed by atoms with van der Waals surface area (Å²) in [5.41, 5.74) is 1.78. The molecule has 0 unspecified atom stereocenters. The van der Waals surface area contributed by atoms with E-state index in [1.54, 1.807) is 32.2 Å². The van der Waals surface area contributed by atoms with Crippen LogP contribution in [0.5, 0.6) is 11.5 Å². The first-order valence-corrected chi connectivity index (χ1v) is 8.29. The van der Waals surface area contributed by atoms with Gasteiger partial charge >= 0.3 is 5.97 Å². The lowest BCUT2D eigenvalue weighted by atomic mass is 10.2. The molecule has 0 aliphatic carbocycles. The second kappa shape index (κ2) is 9.09. The maximum absolute atomic E-state index is 11.9. The molecule has 1 aromatic carbocycles. The molecule has 1 heterocycles. The van der Waals surface area contributed by atoms with Crippen LogP contribution < -0.4 is 14.8 Å². The van der Waals surface area contributed by atoms with E-state index in [9.17, 15) is 9.59 Å². The van der Waals surface area contributed by atoms with Gasteiger partial charge < -0.3 is 19.5 Å². The number of hydrogen-bond donors (Lipinski definition) is 1. The van der Waals surface area contributed by atoms with Crippen molar-refractivity contribution < 1.29 is 23.8 Å². The molecular weight excluding hydrogens is 374 g/mol. The molecule has 2 aromatic rings. The van der Waals surface area contributed by atoms with Gasteiger partial charge in [0, 0.05) is 30.4 Å². The Bertz CT molecular complexity index is 876. The fourth-order valence-electron chi connectivity index (χ4n) is 2.28. The van der Waals surface area contributed by atoms with Gasteiger partial charge in [0.05, 0.1) is 19.9 Å². The SMILES string of the molecule is COc1ccc(NC(=O)COC(=O)C=Cc2c(C)nn(C)c2Cl)cc1OC. The minimum atomic E-state index is -0.670. The number of rotatable bonds is 7. The molecule has 0 bridgehead atoms. The smallest absolute Gasteiger partial charge is 0.331 e. The van der Waals surface area contributed by atoms with Gasteiger partial charge in [0.2, 0.25) is 0 Å². The molecule has 1 N–H and O–H groups in total. The summed E-state index contributed by atoms with van der Waals surface area (Å²) in [6.07, 6.45) is 2.69. The van der Waals surface area contributed by atoms with Gasteiger partial charge in [0.1, 0.15) is 5.15 Å². The highest BCUT2D eigenvalue weighted by atomic mass is 35.5. The van der Waals surface area contributed by atoms with Gasteiger partial charge in [-0.1, -0.05) is 11.6 Å². The summed E-state index contributed by atoms with van der Waals surface area (Å²) in [5.74, 6) is -0.147. The van der Waals surface area contributed by atoms with Crippen LogP contribution in [0.2, 0.25) is 5.15 Å². The van der Waals surface area contributed by atoms with Gasteiger partial charge in [0.15, 0.2) is 18.1 Å². The average Bonchev–Trinajstić information content (AvgIpc) is 2.89. The number of hydrogen-bond acceptors (Lipinski definition) is 6. The van der Waals surface area contributed by atoms with E-state index in [0.29, 0.717) is 33.6 Å². The maximum atomic E-state index is 11.9. The van der Waals surface area contributed by atoms with Crippen molar-refractivity contribution in [3.05, 3.63) is 40.7 Å². The average molecular weight is 394 g/mol. The van der Waals surface area contributed by atoms with Gasteiger partial charge in [-0.3, -0.25) is 9.48 Å². The number of nitrogens with one attached hydrogen (secondary N) is 1. The van der Waals surface area contributed by atoms with Crippen molar-refractivity contribution in [3.8, 4) is 11.5 Å². The number of aromatic nitrogens is 2. The number of carbonyl (C=O) groups is 2. The van der Waals surface area contributed by atoms with E-state index in [-0.39, 0.29) is 0 Å². The molecule has 2 rings (SSSR count). The number of ether oxygens (including phenoxy) is 3. The van der Waals surface area contributed by atoms with Crippen molar-refractivity contribution in [2.24, 2.45) is 7.05 Å². The first-order chi connectivity index (χ1) is 12.8. The minimum absolute atomic E-state index is 0.405. The Morgan fingerprint density at radius 3 is 2.56 bits per heavy atom. The van der Waals surface area contributed by atoms with Crippen molar-refractivity contribution in [2.75, 3.05) is 26.1 Å². The van der Waals surface area contributed by atoms with Crippen LogP contribution in [0, 0.1) is 6.92 Å². The van der Waals surface area contributed by atoms with E-state index < -0.39 is 18.5 Å². The molecule has 1 aromatic heterocycles. The molecule has 27 heavy (non-hydrogen) atoms. The van der Waals surface area contributed by atoms with Crippen LogP contribution in [0.1, 0.15) is 11.3 Å². The number of anilines is 1. The number of esters is 1. The maximum Gasteiger partial charge on any atom is 0.331 e. The third-order valence-corrected chi connectivity index (χ3v) is 4.04. The number of benzene rings is 1. The number of methoxy groups -OCH3 is 2. The van der Waals surface area contributed by atoms with Crippen LogP contribution in [-0.4, -0.2) is 42.5 Å². The lowest BCUT2D eigenvalue weighted by Crippen LogP contribution is -2.20. The Morgan fingerprint density at radius 2 is 1.96 bits per heavy atom. The molecule has 0 fully saturated rings. The highest BCUT2D eigenvalue weighted by Crippen LogP contribution is 2.29. The first kappa shape index (κ1) is 20.3. The van der Waals surface area contributed by atoms with E-state index >= 15 is 0 Å². The van der Waals surface area contributed by atoms with Gasteiger partial charge in [-0.25, -0.2) is 4.79 Å². The molecule has 144 valence electrons. The van der Waals surface area contributed by atoms with E-state index in [0.717, 1.165) is 0 Å². The van der Waals surface area contributed by atoms with E-state index in [4.69, 9.17) is 25.8 Å². The summed E-state index contributed by atoms with van der Waals surface area (Å²) < 4.78 is 16.7. The largest absolute Gasteiger partial charge is 0.493 e. The quantitative estimate of drug-likeness (QED) is 0.574. The summed E-state index contributed by atoms with van der Waals surface area (Å²) in [6, 6.07) is 4.91. The van der Waals surface area contributed by atoms with Crippen LogP contribution in [0.25, 0.3) is 6.08 Å². The number of aryl methyl sites for hydroxylation is 2. The van der Waals surface area contributed by atoms with E-state index in [2.05, 4.69) is 10.4 Å². The first-order valence-electron chi connectivity index (χ1n) is 7.91. The zero-order valence-electron chi connectivity index (χ0n) is 15.4. The summed E-state index contributed by atoms with van der Waals surface area (Å²) in [7, 11) is 4.71. The van der Waals surface area contributed by atoms with Gasteiger partial charge in [-0.05, 0) is 25.1 Å². The molecule has 8 nitrogen and oxygen atoms in total. The fraction of sp³-hybridized carbons (Fsp3) is 0.278. The lowest BCUT2D eigenvalue weighted by Gasteiger charge is -2.10. The van der Waals surface area contributed by atoms with Crippen LogP contribution >= 0.6 is 11.6 Å². The number of nitrogens with zero attached hydrogens (tertiary/aromatic N) is 2. The molecule has 9 heteroatoms. The Hall–Kier alpha value is -3.00. The van der Waals surface area contributed by atoms with Crippen molar-refractivity contribution >= 4 is 35.2 Å². The van der Waals surface area contributed by atoms with Crippen molar-refractivity contribution in [1.82, 2.24) is 9.78 Å². The lowest BCUT2D eigenvalue weighted by molar-refractivity contribution is -0.142. The summed E-state index contributed by atoms with van der Waals surface area (Å²) in [6.45, 7) is 1.34. The number of carbonyl (C=O) groups excluding carboxylic acids is 2. The molecule has 0 atom stereocenters. The summed E-state index contributed by atoms with van der Waals surface area (Å²) >= 11 is 6.08. The zero-order valence-corrected chi connectivity index (χ0v) is 16.2. The molecule has 0 radical (unpaired) electrons. The standard InChI is InChI=1S/C18H20ClN3O5/c1-11-13(18(19)22(2)21-11)6-8-17(24)27-10-16(23)20-12-5-7-14(25-3)15(9-12)26-4/h5-9H,10H2,1-4H3,(H,20,23). The topological polar surface area (TPSA) is 91.7 Å². The highest BCUT2D eigenvalue weighted by Gasteiger charge is 2.11. The third kappa shape index (κ3) is 5.24. The van der Waals surface area contributed by atoms with Gasteiger partial charge in [0.25, 0.3) is 5.91 Å². The minimum Gasteiger partial charge on any atom is -0.493 e. The number of halogens is 1. The van der Waals surface area contributed by atoms with Gasteiger partial charge in [-0.2, -0.15) is 5.10 Å². The van der Waals surface area contributed by atoms with Gasteiger partial charge in [-0.15, -0.1) is 0 Å². The van der Waals surface area contributed by atoms with Crippen LogP contribution in [0.4, 0.5) is 5.69 Å². The highest BCUT2D eigenvalue weighted by molar-refractivity contribution is 6.31. The molecule has 0 saturated heterocycles. The van der Waals surface area contributed by atoms with Crippen LogP contribution in [0.15, 0.2) is 24.3 Å². The van der Waals surface area contributed by atoms with E-state index in [1.807, 2.05) is 0 Å². The summed E-state index contributed by atoms with van der Waals surface area (Å²) in [4.78, 5) is 23.7.